The predicted molar refractivity (Wildman–Crippen MR) is 77.5 cm³/mol. The van der Waals surface area contributed by atoms with E-state index < -0.39 is 6.10 Å². The molecule has 0 radical (unpaired) electrons. The fourth-order valence-corrected chi connectivity index (χ4v) is 2.46. The largest absolute Gasteiger partial charge is 0.387 e. The number of carbonyl (C=O) groups is 1. The van der Waals surface area contributed by atoms with Gasteiger partial charge in [0.2, 0.25) is 0 Å². The maximum atomic E-state index is 12.0. The highest BCUT2D eigenvalue weighted by Gasteiger charge is 2.11. The van der Waals surface area contributed by atoms with Crippen molar-refractivity contribution in [2.24, 2.45) is 0 Å². The summed E-state index contributed by atoms with van der Waals surface area (Å²) in [6.45, 7) is 4.21. The SMILES string of the molecule is Cc1ccc(C(=O)NCC(O)c2ccsc2)cc1C. The van der Waals surface area contributed by atoms with E-state index in [9.17, 15) is 9.90 Å². The summed E-state index contributed by atoms with van der Waals surface area (Å²) in [5.41, 5.74) is 3.71. The molecule has 0 spiro atoms. The molecular formula is C15H17NO2S. The standard InChI is InChI=1S/C15H17NO2S/c1-10-3-4-12(7-11(10)2)15(18)16-8-14(17)13-5-6-19-9-13/h3-7,9,14,17H,8H2,1-2H3,(H,16,18). The van der Waals surface area contributed by atoms with Gasteiger partial charge in [0.1, 0.15) is 0 Å². The van der Waals surface area contributed by atoms with Gasteiger partial charge in [-0.25, -0.2) is 0 Å². The average molecular weight is 275 g/mol. The fraction of sp³-hybridized carbons (Fsp3) is 0.267. The van der Waals surface area contributed by atoms with Crippen molar-refractivity contribution in [3.63, 3.8) is 0 Å². The number of aryl methyl sites for hydroxylation is 2. The molecule has 1 heterocycles. The van der Waals surface area contributed by atoms with Crippen molar-refractivity contribution in [2.45, 2.75) is 20.0 Å². The fourth-order valence-electron chi connectivity index (χ4n) is 1.76. The molecule has 0 fully saturated rings. The van der Waals surface area contributed by atoms with Gasteiger partial charge in [0, 0.05) is 12.1 Å². The van der Waals surface area contributed by atoms with Crippen molar-refractivity contribution in [1.29, 1.82) is 0 Å². The van der Waals surface area contributed by atoms with E-state index in [0.29, 0.717) is 5.56 Å². The number of thiophene rings is 1. The van der Waals surface area contributed by atoms with Gasteiger partial charge < -0.3 is 10.4 Å². The lowest BCUT2D eigenvalue weighted by Crippen LogP contribution is -2.28. The molecule has 0 aliphatic heterocycles. The molecule has 0 aliphatic rings. The summed E-state index contributed by atoms with van der Waals surface area (Å²) in [6, 6.07) is 7.45. The zero-order valence-corrected chi connectivity index (χ0v) is 11.8. The number of rotatable bonds is 4. The normalized spacial score (nSPS) is 12.2. The van der Waals surface area contributed by atoms with Gasteiger partial charge in [0.15, 0.2) is 0 Å². The number of hydrogen-bond donors (Lipinski definition) is 2. The van der Waals surface area contributed by atoms with Crippen molar-refractivity contribution in [3.05, 3.63) is 57.3 Å². The van der Waals surface area contributed by atoms with Crippen molar-refractivity contribution >= 4 is 17.2 Å². The highest BCUT2D eigenvalue weighted by atomic mass is 32.1. The van der Waals surface area contributed by atoms with Crippen LogP contribution in [0, 0.1) is 13.8 Å². The Morgan fingerprint density at radius 3 is 2.74 bits per heavy atom. The van der Waals surface area contributed by atoms with Crippen molar-refractivity contribution in [2.75, 3.05) is 6.54 Å². The molecule has 1 amide bonds. The van der Waals surface area contributed by atoms with Crippen LogP contribution >= 0.6 is 11.3 Å². The van der Waals surface area contributed by atoms with Crippen LogP contribution in [0.1, 0.15) is 33.2 Å². The molecule has 1 aromatic heterocycles. The van der Waals surface area contributed by atoms with E-state index >= 15 is 0 Å². The summed E-state index contributed by atoms with van der Waals surface area (Å²) in [6.07, 6.45) is -0.651. The summed E-state index contributed by atoms with van der Waals surface area (Å²) in [5, 5.41) is 16.4. The average Bonchev–Trinajstić information content (AvgIpc) is 2.92. The number of amides is 1. The Morgan fingerprint density at radius 1 is 1.32 bits per heavy atom. The first-order valence-electron chi connectivity index (χ1n) is 6.13. The van der Waals surface area contributed by atoms with Crippen LogP contribution in [0.25, 0.3) is 0 Å². The van der Waals surface area contributed by atoms with E-state index in [4.69, 9.17) is 0 Å². The lowest BCUT2D eigenvalue weighted by atomic mass is 10.1. The van der Waals surface area contributed by atoms with Crippen LogP contribution in [0.4, 0.5) is 0 Å². The first-order chi connectivity index (χ1) is 9.08. The lowest BCUT2D eigenvalue weighted by Gasteiger charge is -2.11. The molecule has 0 saturated heterocycles. The minimum atomic E-state index is -0.651. The highest BCUT2D eigenvalue weighted by Crippen LogP contribution is 2.15. The van der Waals surface area contributed by atoms with Gasteiger partial charge >= 0.3 is 0 Å². The number of aliphatic hydroxyl groups excluding tert-OH is 1. The zero-order valence-electron chi connectivity index (χ0n) is 11.0. The second kappa shape index (κ2) is 5.99. The van der Waals surface area contributed by atoms with E-state index in [2.05, 4.69) is 5.32 Å². The van der Waals surface area contributed by atoms with Crippen LogP contribution in [0.3, 0.4) is 0 Å². The smallest absolute Gasteiger partial charge is 0.251 e. The molecule has 19 heavy (non-hydrogen) atoms. The van der Waals surface area contributed by atoms with E-state index in [1.165, 1.54) is 11.3 Å². The Hall–Kier alpha value is -1.65. The van der Waals surface area contributed by atoms with Gasteiger partial charge in [-0.15, -0.1) is 0 Å². The Kier molecular flexibility index (Phi) is 4.35. The zero-order chi connectivity index (χ0) is 13.8. The third-order valence-corrected chi connectivity index (χ3v) is 3.85. The number of aliphatic hydroxyl groups is 1. The van der Waals surface area contributed by atoms with Gasteiger partial charge in [0.25, 0.3) is 5.91 Å². The maximum Gasteiger partial charge on any atom is 0.251 e. The molecule has 3 nitrogen and oxygen atoms in total. The van der Waals surface area contributed by atoms with Crippen molar-refractivity contribution < 1.29 is 9.90 Å². The summed E-state index contributed by atoms with van der Waals surface area (Å²) < 4.78 is 0. The Labute approximate surface area is 116 Å². The molecule has 2 rings (SSSR count). The van der Waals surface area contributed by atoms with Gasteiger partial charge in [0.05, 0.1) is 6.10 Å². The molecule has 1 unspecified atom stereocenters. The van der Waals surface area contributed by atoms with Crippen LogP contribution in [-0.2, 0) is 0 Å². The van der Waals surface area contributed by atoms with Crippen LogP contribution in [0.15, 0.2) is 35.0 Å². The topological polar surface area (TPSA) is 49.3 Å². The van der Waals surface area contributed by atoms with E-state index in [1.807, 2.05) is 42.8 Å². The Morgan fingerprint density at radius 2 is 2.11 bits per heavy atom. The molecule has 2 aromatic rings. The molecule has 100 valence electrons. The van der Waals surface area contributed by atoms with E-state index in [0.717, 1.165) is 16.7 Å². The summed E-state index contributed by atoms with van der Waals surface area (Å²) in [7, 11) is 0. The number of benzene rings is 1. The van der Waals surface area contributed by atoms with E-state index in [1.54, 1.807) is 6.07 Å². The summed E-state index contributed by atoms with van der Waals surface area (Å²) in [5.74, 6) is -0.155. The summed E-state index contributed by atoms with van der Waals surface area (Å²) in [4.78, 5) is 12.0. The molecule has 2 N–H and O–H groups in total. The van der Waals surface area contributed by atoms with Gasteiger partial charge in [-0.2, -0.15) is 11.3 Å². The van der Waals surface area contributed by atoms with Crippen molar-refractivity contribution in [3.8, 4) is 0 Å². The summed E-state index contributed by atoms with van der Waals surface area (Å²) >= 11 is 1.53. The number of nitrogens with one attached hydrogen (secondary N) is 1. The molecule has 1 atom stereocenters. The van der Waals surface area contributed by atoms with Crippen LogP contribution in [-0.4, -0.2) is 17.6 Å². The quantitative estimate of drug-likeness (QED) is 0.901. The van der Waals surface area contributed by atoms with Crippen LogP contribution in [0.5, 0.6) is 0 Å². The molecular weight excluding hydrogens is 258 g/mol. The van der Waals surface area contributed by atoms with Crippen LogP contribution < -0.4 is 5.32 Å². The van der Waals surface area contributed by atoms with Gasteiger partial charge in [-0.3, -0.25) is 4.79 Å². The third-order valence-electron chi connectivity index (χ3n) is 3.15. The number of carbonyl (C=O) groups excluding carboxylic acids is 1. The second-order valence-electron chi connectivity index (χ2n) is 4.58. The molecule has 0 saturated carbocycles. The monoisotopic (exact) mass is 275 g/mol. The molecule has 1 aromatic carbocycles. The highest BCUT2D eigenvalue weighted by molar-refractivity contribution is 7.07. The molecule has 0 bridgehead atoms. The first-order valence-corrected chi connectivity index (χ1v) is 7.08. The maximum absolute atomic E-state index is 12.0. The first kappa shape index (κ1) is 13.8. The molecule has 4 heteroatoms. The number of hydrogen-bond acceptors (Lipinski definition) is 3. The minimum Gasteiger partial charge on any atom is -0.387 e. The third kappa shape index (κ3) is 3.43. The van der Waals surface area contributed by atoms with Gasteiger partial charge in [-0.05, 0) is 59.5 Å². The Bertz CT molecular complexity index is 564. The Balaban J connectivity index is 1.96. The lowest BCUT2D eigenvalue weighted by molar-refractivity contribution is 0.0916. The van der Waals surface area contributed by atoms with Crippen molar-refractivity contribution in [1.82, 2.24) is 5.32 Å². The molecule has 0 aliphatic carbocycles. The predicted octanol–water partition coefficient (Wildman–Crippen LogP) is 2.83. The van der Waals surface area contributed by atoms with E-state index in [-0.39, 0.29) is 12.5 Å². The minimum absolute atomic E-state index is 0.155. The van der Waals surface area contributed by atoms with Gasteiger partial charge in [-0.1, -0.05) is 6.07 Å². The second-order valence-corrected chi connectivity index (χ2v) is 5.36. The van der Waals surface area contributed by atoms with Crippen LogP contribution in [0.2, 0.25) is 0 Å².